The van der Waals surface area contributed by atoms with Crippen molar-refractivity contribution in [2.45, 2.75) is 45.8 Å². The molecule has 0 aliphatic carbocycles. The minimum Gasteiger partial charge on any atom is -0.870 e. The van der Waals surface area contributed by atoms with Gasteiger partial charge in [-0.1, -0.05) is 31.6 Å². The molecule has 2 heterocycles. The van der Waals surface area contributed by atoms with Crippen LogP contribution in [0.4, 0.5) is 0 Å². The molecule has 2 unspecified atom stereocenters. The van der Waals surface area contributed by atoms with Crippen LogP contribution < -0.4 is 4.57 Å². The van der Waals surface area contributed by atoms with E-state index in [1.807, 2.05) is 18.3 Å². The van der Waals surface area contributed by atoms with E-state index in [9.17, 15) is 4.57 Å². The maximum absolute atomic E-state index is 11.4. The molecule has 1 aromatic rings. The molecule has 0 saturated heterocycles. The van der Waals surface area contributed by atoms with Gasteiger partial charge in [0.05, 0.1) is 11.1 Å². The molecule has 0 fully saturated rings. The Labute approximate surface area is 167 Å². The van der Waals surface area contributed by atoms with Crippen molar-refractivity contribution in [2.24, 2.45) is 0 Å². The van der Waals surface area contributed by atoms with Crippen molar-refractivity contribution in [3.8, 4) is 0 Å². The molecule has 6 nitrogen and oxygen atoms in total. The van der Waals surface area contributed by atoms with E-state index in [1.54, 1.807) is 6.26 Å². The van der Waals surface area contributed by atoms with Crippen molar-refractivity contribution in [3.63, 3.8) is 0 Å². The summed E-state index contributed by atoms with van der Waals surface area (Å²) in [4.78, 5) is 0.753. The van der Waals surface area contributed by atoms with E-state index in [0.29, 0.717) is 13.2 Å². The predicted octanol–water partition coefficient (Wildman–Crippen LogP) is 4.40. The smallest absolute Gasteiger partial charge is 0.319 e. The summed E-state index contributed by atoms with van der Waals surface area (Å²) in [6.45, 7) is 5.08. The van der Waals surface area contributed by atoms with Crippen LogP contribution in [-0.4, -0.2) is 24.1 Å². The number of ether oxygens (including phenoxy) is 1. The van der Waals surface area contributed by atoms with Crippen LogP contribution >= 0.6 is 20.5 Å². The Kier molecular flexibility index (Phi) is 10.7. The SMILES string of the molecule is CC=C(CCCC)c1ccc[n+](CCO[PH](=O)OC)c1C1OC=CC1=S.[OH-]. The summed E-state index contributed by atoms with van der Waals surface area (Å²) in [5, 5.41) is 0. The lowest BCUT2D eigenvalue weighted by Gasteiger charge is -2.16. The van der Waals surface area contributed by atoms with E-state index in [0.717, 1.165) is 35.4 Å². The quantitative estimate of drug-likeness (QED) is 0.321. The Morgan fingerprint density at radius 3 is 2.85 bits per heavy atom. The van der Waals surface area contributed by atoms with Gasteiger partial charge in [-0.15, -0.1) is 0 Å². The zero-order chi connectivity index (χ0) is 18.9. The van der Waals surface area contributed by atoms with Gasteiger partial charge in [0.15, 0.2) is 12.7 Å². The monoisotopic (exact) mass is 413 g/mol. The van der Waals surface area contributed by atoms with Crippen molar-refractivity contribution in [3.05, 3.63) is 48.0 Å². The summed E-state index contributed by atoms with van der Waals surface area (Å²) in [5.41, 5.74) is 3.42. The minimum atomic E-state index is -2.43. The topological polar surface area (TPSA) is 78.6 Å². The number of allylic oxidation sites excluding steroid dienone is 2. The Balaban J connectivity index is 0.00000364. The van der Waals surface area contributed by atoms with Gasteiger partial charge < -0.3 is 19.3 Å². The summed E-state index contributed by atoms with van der Waals surface area (Å²) >= 11 is 5.48. The van der Waals surface area contributed by atoms with Crippen molar-refractivity contribution in [2.75, 3.05) is 13.7 Å². The molecule has 2 rings (SSSR count). The zero-order valence-electron chi connectivity index (χ0n) is 16.0. The third kappa shape index (κ3) is 6.33. The first-order chi connectivity index (χ1) is 12.6. The average molecular weight is 413 g/mol. The van der Waals surface area contributed by atoms with Crippen LogP contribution in [0.15, 0.2) is 36.7 Å². The van der Waals surface area contributed by atoms with Gasteiger partial charge >= 0.3 is 8.25 Å². The van der Waals surface area contributed by atoms with Crippen LogP contribution in [0, 0.1) is 0 Å². The van der Waals surface area contributed by atoms with E-state index in [2.05, 4.69) is 30.6 Å². The van der Waals surface area contributed by atoms with Crippen LogP contribution in [0.25, 0.3) is 5.57 Å². The highest BCUT2D eigenvalue weighted by Crippen LogP contribution is 2.31. The molecule has 1 aliphatic heterocycles. The first-order valence-corrected chi connectivity index (χ1v) is 10.5. The first-order valence-electron chi connectivity index (χ1n) is 8.86. The molecule has 2 atom stereocenters. The molecule has 0 aromatic carbocycles. The third-order valence-electron chi connectivity index (χ3n) is 4.28. The normalized spacial score (nSPS) is 17.5. The van der Waals surface area contributed by atoms with E-state index >= 15 is 0 Å². The number of thiocarbonyl (C=S) groups is 1. The second-order valence-corrected chi connectivity index (χ2v) is 7.61. The van der Waals surface area contributed by atoms with Crippen molar-refractivity contribution in [1.82, 2.24) is 0 Å². The number of nitrogens with zero attached hydrogens (tertiary/aromatic N) is 1. The molecule has 0 amide bonds. The van der Waals surface area contributed by atoms with Gasteiger partial charge in [0, 0.05) is 18.7 Å². The highest BCUT2D eigenvalue weighted by molar-refractivity contribution is 7.80. The summed E-state index contributed by atoms with van der Waals surface area (Å²) in [5.74, 6) is 0. The van der Waals surface area contributed by atoms with Gasteiger partial charge in [0.25, 0.3) is 0 Å². The second-order valence-electron chi connectivity index (χ2n) is 5.94. The molecule has 1 aliphatic rings. The summed E-state index contributed by atoms with van der Waals surface area (Å²) < 4.78 is 29.2. The molecule has 0 spiro atoms. The number of unbranched alkanes of at least 4 members (excludes halogenated alkanes) is 1. The summed E-state index contributed by atoms with van der Waals surface area (Å²) in [6.07, 6.45) is 10.6. The molecular weight excluding hydrogens is 385 g/mol. The molecule has 27 heavy (non-hydrogen) atoms. The van der Waals surface area contributed by atoms with E-state index in [1.165, 1.54) is 12.7 Å². The lowest BCUT2D eigenvalue weighted by molar-refractivity contribution is -0.707. The standard InChI is InChI=1S/C19H27NO4PS.H2O/c1-4-6-8-15(5-2)16-9-7-11-20(12-14-24-25(21)22-3)18(16)19-17(26)10-13-23-19;/h5,7,9-11,13,19,25H,4,6,8,12,14H2,1-3H3;1H2/q+1;/p-1. The second kappa shape index (κ2) is 12.2. The van der Waals surface area contributed by atoms with Crippen molar-refractivity contribution in [1.29, 1.82) is 0 Å². The van der Waals surface area contributed by atoms with E-state index in [4.69, 9.17) is 26.0 Å². The molecule has 1 aromatic heterocycles. The van der Waals surface area contributed by atoms with Gasteiger partial charge in [0.1, 0.15) is 6.61 Å². The fourth-order valence-electron chi connectivity index (χ4n) is 2.95. The zero-order valence-corrected chi connectivity index (χ0v) is 17.8. The highest BCUT2D eigenvalue weighted by Gasteiger charge is 2.33. The lowest BCUT2D eigenvalue weighted by Crippen LogP contribution is -2.43. The van der Waals surface area contributed by atoms with Crippen LogP contribution in [0.5, 0.6) is 0 Å². The summed E-state index contributed by atoms with van der Waals surface area (Å²) in [6, 6.07) is 4.12. The largest absolute Gasteiger partial charge is 0.870 e. The third-order valence-corrected chi connectivity index (χ3v) is 5.40. The van der Waals surface area contributed by atoms with E-state index < -0.39 is 8.25 Å². The average Bonchev–Trinajstić information content (AvgIpc) is 3.08. The molecule has 0 saturated carbocycles. The predicted molar refractivity (Wildman–Crippen MR) is 109 cm³/mol. The van der Waals surface area contributed by atoms with Gasteiger partial charge in [-0.3, -0.25) is 4.57 Å². The Morgan fingerprint density at radius 1 is 1.48 bits per heavy atom. The molecule has 150 valence electrons. The Morgan fingerprint density at radius 2 is 2.26 bits per heavy atom. The molecule has 1 N–H and O–H groups in total. The Hall–Kier alpha value is -1.37. The lowest BCUT2D eigenvalue weighted by atomic mass is 9.95. The number of rotatable bonds is 10. The maximum atomic E-state index is 11.4. The van der Waals surface area contributed by atoms with Crippen LogP contribution in [0.1, 0.15) is 50.5 Å². The summed E-state index contributed by atoms with van der Waals surface area (Å²) in [7, 11) is -1.05. The van der Waals surface area contributed by atoms with Crippen molar-refractivity contribution < 1.29 is 28.4 Å². The maximum Gasteiger partial charge on any atom is 0.319 e. The molecular formula is C19H28NO5PS. The number of hydrogen-bond donors (Lipinski definition) is 0. The van der Waals surface area contributed by atoms with Crippen LogP contribution in [0.3, 0.4) is 0 Å². The highest BCUT2D eigenvalue weighted by atomic mass is 32.1. The Bertz CT molecular complexity index is 720. The molecule has 0 bridgehead atoms. The fraction of sp³-hybridized carbons (Fsp3) is 0.474. The van der Waals surface area contributed by atoms with Crippen LogP contribution in [-0.2, 0) is 24.9 Å². The first kappa shape index (κ1) is 23.7. The van der Waals surface area contributed by atoms with Crippen LogP contribution in [0.2, 0.25) is 0 Å². The number of pyridine rings is 1. The fourth-order valence-corrected chi connectivity index (χ4v) is 3.55. The van der Waals surface area contributed by atoms with E-state index in [-0.39, 0.29) is 11.6 Å². The van der Waals surface area contributed by atoms with Crippen molar-refractivity contribution >= 4 is 30.9 Å². The van der Waals surface area contributed by atoms with Gasteiger partial charge in [0.2, 0.25) is 11.8 Å². The number of hydrogen-bond acceptors (Lipinski definition) is 6. The number of aromatic nitrogens is 1. The van der Waals surface area contributed by atoms with Gasteiger partial charge in [-0.05, 0) is 37.5 Å². The molecule has 8 heteroatoms. The minimum absolute atomic E-state index is 0. The van der Waals surface area contributed by atoms with Gasteiger partial charge in [-0.25, -0.2) is 0 Å². The molecule has 0 radical (unpaired) electrons. The van der Waals surface area contributed by atoms with Gasteiger partial charge in [-0.2, -0.15) is 4.57 Å².